The van der Waals surface area contributed by atoms with Crippen LogP contribution in [-0.4, -0.2) is 12.1 Å². The summed E-state index contributed by atoms with van der Waals surface area (Å²) in [6, 6.07) is 5.74. The molecule has 1 aromatic carbocycles. The van der Waals surface area contributed by atoms with Crippen molar-refractivity contribution in [1.82, 2.24) is 4.98 Å². The van der Waals surface area contributed by atoms with Crippen LogP contribution in [0, 0.1) is 13.8 Å². The van der Waals surface area contributed by atoms with Gasteiger partial charge < -0.3 is 4.74 Å². The second-order valence-corrected chi connectivity index (χ2v) is 3.94. The van der Waals surface area contributed by atoms with Crippen LogP contribution in [0.1, 0.15) is 11.3 Å². The van der Waals surface area contributed by atoms with Gasteiger partial charge in [-0.25, -0.2) is 0 Å². The number of ether oxygens (including phenoxy) is 1. The Bertz CT molecular complexity index is 523. The van der Waals surface area contributed by atoms with Gasteiger partial charge >= 0.3 is 0 Å². The van der Waals surface area contributed by atoms with E-state index < -0.39 is 0 Å². The lowest BCUT2D eigenvalue weighted by Gasteiger charge is -2.09. The van der Waals surface area contributed by atoms with E-state index in [9.17, 15) is 0 Å². The van der Waals surface area contributed by atoms with Crippen molar-refractivity contribution in [3.8, 4) is 5.75 Å². The average Bonchev–Trinajstić information content (AvgIpc) is 2.23. The zero-order chi connectivity index (χ0) is 11.0. The SMILES string of the molecule is COc1cc(C)nc2c(C)c(Cl)ccc12. The molecule has 0 radical (unpaired) electrons. The predicted molar refractivity (Wildman–Crippen MR) is 62.8 cm³/mol. The number of fused-ring (bicyclic) bond motifs is 1. The summed E-state index contributed by atoms with van der Waals surface area (Å²) in [4.78, 5) is 4.48. The van der Waals surface area contributed by atoms with Crippen molar-refractivity contribution >= 4 is 22.5 Å². The van der Waals surface area contributed by atoms with Crippen LogP contribution in [0.25, 0.3) is 10.9 Å². The van der Waals surface area contributed by atoms with E-state index in [1.807, 2.05) is 32.0 Å². The molecule has 0 aliphatic rings. The quantitative estimate of drug-likeness (QED) is 0.735. The number of aromatic nitrogens is 1. The van der Waals surface area contributed by atoms with Crippen LogP contribution < -0.4 is 4.74 Å². The molecular formula is C12H12ClNO. The highest BCUT2D eigenvalue weighted by Crippen LogP contribution is 2.30. The molecule has 0 aliphatic carbocycles. The highest BCUT2D eigenvalue weighted by atomic mass is 35.5. The maximum Gasteiger partial charge on any atom is 0.130 e. The van der Waals surface area contributed by atoms with Gasteiger partial charge in [0.25, 0.3) is 0 Å². The van der Waals surface area contributed by atoms with Gasteiger partial charge in [0.2, 0.25) is 0 Å². The Kier molecular flexibility index (Phi) is 2.53. The molecule has 2 rings (SSSR count). The lowest BCUT2D eigenvalue weighted by atomic mass is 10.1. The first-order valence-corrected chi connectivity index (χ1v) is 5.11. The maximum absolute atomic E-state index is 6.05. The Morgan fingerprint density at radius 2 is 2.00 bits per heavy atom. The first-order valence-electron chi connectivity index (χ1n) is 4.74. The molecule has 15 heavy (non-hydrogen) atoms. The number of halogens is 1. The largest absolute Gasteiger partial charge is 0.496 e. The van der Waals surface area contributed by atoms with Crippen molar-refractivity contribution in [2.75, 3.05) is 7.11 Å². The number of aryl methyl sites for hydroxylation is 2. The number of hydrogen-bond donors (Lipinski definition) is 0. The molecule has 0 bridgehead atoms. The zero-order valence-electron chi connectivity index (χ0n) is 8.97. The van der Waals surface area contributed by atoms with Gasteiger partial charge in [-0.05, 0) is 31.5 Å². The standard InChI is InChI=1S/C12H12ClNO/c1-7-6-11(15-3)9-4-5-10(13)8(2)12(9)14-7/h4-6H,1-3H3. The zero-order valence-corrected chi connectivity index (χ0v) is 9.72. The van der Waals surface area contributed by atoms with Gasteiger partial charge in [-0.3, -0.25) is 4.98 Å². The maximum atomic E-state index is 6.05. The van der Waals surface area contributed by atoms with E-state index in [1.54, 1.807) is 7.11 Å². The van der Waals surface area contributed by atoms with E-state index in [0.29, 0.717) is 0 Å². The van der Waals surface area contributed by atoms with E-state index in [1.165, 1.54) is 0 Å². The third kappa shape index (κ3) is 1.65. The van der Waals surface area contributed by atoms with Crippen molar-refractivity contribution in [2.45, 2.75) is 13.8 Å². The normalized spacial score (nSPS) is 10.7. The minimum absolute atomic E-state index is 0.739. The molecular weight excluding hydrogens is 210 g/mol. The van der Waals surface area contributed by atoms with E-state index in [2.05, 4.69) is 4.98 Å². The summed E-state index contributed by atoms with van der Waals surface area (Å²) in [5, 5.41) is 1.74. The smallest absolute Gasteiger partial charge is 0.130 e. The lowest BCUT2D eigenvalue weighted by Crippen LogP contribution is -1.92. The first kappa shape index (κ1) is 10.2. The highest BCUT2D eigenvalue weighted by molar-refractivity contribution is 6.32. The average molecular weight is 222 g/mol. The summed E-state index contributed by atoms with van der Waals surface area (Å²) in [5.41, 5.74) is 2.85. The van der Waals surface area contributed by atoms with Gasteiger partial charge in [-0.1, -0.05) is 11.6 Å². The van der Waals surface area contributed by atoms with Crippen molar-refractivity contribution < 1.29 is 4.74 Å². The topological polar surface area (TPSA) is 22.1 Å². The molecule has 3 heteroatoms. The van der Waals surface area contributed by atoms with Crippen LogP contribution in [0.3, 0.4) is 0 Å². The molecule has 0 unspecified atom stereocenters. The van der Waals surface area contributed by atoms with Gasteiger partial charge in [-0.2, -0.15) is 0 Å². The summed E-state index contributed by atoms with van der Waals surface area (Å²) in [7, 11) is 1.66. The molecule has 0 fully saturated rings. The molecule has 2 aromatic rings. The van der Waals surface area contributed by atoms with Gasteiger partial charge in [0.05, 0.1) is 12.6 Å². The first-order chi connectivity index (χ1) is 7.13. The van der Waals surface area contributed by atoms with Crippen LogP contribution in [0.15, 0.2) is 18.2 Å². The fraction of sp³-hybridized carbons (Fsp3) is 0.250. The minimum Gasteiger partial charge on any atom is -0.496 e. The molecule has 1 heterocycles. The van der Waals surface area contributed by atoms with Crippen LogP contribution in [-0.2, 0) is 0 Å². The van der Waals surface area contributed by atoms with Gasteiger partial charge in [0.15, 0.2) is 0 Å². The molecule has 0 atom stereocenters. The number of rotatable bonds is 1. The van der Waals surface area contributed by atoms with E-state index >= 15 is 0 Å². The molecule has 0 spiro atoms. The molecule has 0 N–H and O–H groups in total. The number of hydrogen-bond acceptors (Lipinski definition) is 2. The highest BCUT2D eigenvalue weighted by Gasteiger charge is 2.08. The van der Waals surface area contributed by atoms with Gasteiger partial charge in [0.1, 0.15) is 5.75 Å². The fourth-order valence-corrected chi connectivity index (χ4v) is 1.82. The Hall–Kier alpha value is -1.28. The van der Waals surface area contributed by atoms with Crippen molar-refractivity contribution in [3.05, 3.63) is 34.5 Å². The molecule has 1 aromatic heterocycles. The van der Waals surface area contributed by atoms with Gasteiger partial charge in [-0.15, -0.1) is 0 Å². The molecule has 78 valence electrons. The molecule has 0 saturated carbocycles. The van der Waals surface area contributed by atoms with Crippen molar-refractivity contribution in [1.29, 1.82) is 0 Å². The third-order valence-corrected chi connectivity index (χ3v) is 2.89. The molecule has 0 aliphatic heterocycles. The molecule has 2 nitrogen and oxygen atoms in total. The van der Waals surface area contributed by atoms with Gasteiger partial charge in [0, 0.05) is 22.2 Å². The summed E-state index contributed by atoms with van der Waals surface area (Å²) < 4.78 is 5.32. The Morgan fingerprint density at radius 1 is 1.27 bits per heavy atom. The number of benzene rings is 1. The van der Waals surface area contributed by atoms with Crippen LogP contribution in [0.2, 0.25) is 5.02 Å². The van der Waals surface area contributed by atoms with Crippen molar-refractivity contribution in [3.63, 3.8) is 0 Å². The second kappa shape index (κ2) is 3.70. The summed E-state index contributed by atoms with van der Waals surface area (Å²) in [6.45, 7) is 3.92. The molecule has 0 amide bonds. The third-order valence-electron chi connectivity index (χ3n) is 2.48. The van der Waals surface area contributed by atoms with E-state index in [4.69, 9.17) is 16.3 Å². The Labute approximate surface area is 93.8 Å². The molecule has 0 saturated heterocycles. The monoisotopic (exact) mass is 221 g/mol. The second-order valence-electron chi connectivity index (χ2n) is 3.53. The summed E-state index contributed by atoms with van der Waals surface area (Å²) >= 11 is 6.05. The Morgan fingerprint density at radius 3 is 2.67 bits per heavy atom. The number of methoxy groups -OCH3 is 1. The Balaban J connectivity index is 2.89. The number of nitrogens with zero attached hydrogens (tertiary/aromatic N) is 1. The van der Waals surface area contributed by atoms with Crippen LogP contribution >= 0.6 is 11.6 Å². The van der Waals surface area contributed by atoms with E-state index in [0.717, 1.165) is 32.9 Å². The minimum atomic E-state index is 0.739. The lowest BCUT2D eigenvalue weighted by molar-refractivity contribution is 0.419. The summed E-state index contributed by atoms with van der Waals surface area (Å²) in [6.07, 6.45) is 0. The predicted octanol–water partition coefficient (Wildman–Crippen LogP) is 3.51. The fourth-order valence-electron chi connectivity index (χ4n) is 1.66. The van der Waals surface area contributed by atoms with E-state index in [-0.39, 0.29) is 0 Å². The van der Waals surface area contributed by atoms with Crippen LogP contribution in [0.4, 0.5) is 0 Å². The summed E-state index contributed by atoms with van der Waals surface area (Å²) in [5.74, 6) is 0.845. The van der Waals surface area contributed by atoms with Crippen LogP contribution in [0.5, 0.6) is 5.75 Å². The van der Waals surface area contributed by atoms with Crippen molar-refractivity contribution in [2.24, 2.45) is 0 Å². The number of pyridine rings is 1.